The predicted molar refractivity (Wildman–Crippen MR) is 114 cm³/mol. The maximum atomic E-state index is 13.3. The molecule has 2 aromatic heterocycles. The fourth-order valence-corrected chi connectivity index (χ4v) is 3.74. The van der Waals surface area contributed by atoms with Crippen molar-refractivity contribution in [3.8, 4) is 17.2 Å². The van der Waals surface area contributed by atoms with Gasteiger partial charge in [-0.3, -0.25) is 0 Å². The Morgan fingerprint density at radius 1 is 1.10 bits per heavy atom. The molecule has 0 aliphatic heterocycles. The van der Waals surface area contributed by atoms with Crippen molar-refractivity contribution in [3.05, 3.63) is 83.6 Å². The molecule has 7 nitrogen and oxygen atoms in total. The lowest BCUT2D eigenvalue weighted by Crippen LogP contribution is -2.22. The van der Waals surface area contributed by atoms with Crippen LogP contribution in [-0.2, 0) is 6.42 Å². The van der Waals surface area contributed by atoms with Crippen LogP contribution in [0.2, 0.25) is 0 Å². The normalized spacial score (nSPS) is 11.0. The molecule has 0 unspecified atom stereocenters. The highest BCUT2D eigenvalue weighted by atomic mass is 16.7. The molecule has 0 spiro atoms. The van der Waals surface area contributed by atoms with Crippen molar-refractivity contribution >= 4 is 28.0 Å². The Balaban J connectivity index is 1.73. The van der Waals surface area contributed by atoms with Crippen molar-refractivity contribution in [3.63, 3.8) is 0 Å². The highest BCUT2D eigenvalue weighted by molar-refractivity contribution is 6.12. The SMILES string of the molecule is CCc1oc2ccc(C#N)c(C(=O)On3nnc4ccccc43)c2c1-c1ccccc1. The van der Waals surface area contributed by atoms with Crippen LogP contribution in [0.5, 0.6) is 0 Å². The number of aromatic nitrogens is 3. The van der Waals surface area contributed by atoms with Crippen molar-refractivity contribution in [2.24, 2.45) is 0 Å². The van der Waals surface area contributed by atoms with E-state index in [0.29, 0.717) is 28.4 Å². The van der Waals surface area contributed by atoms with E-state index in [1.54, 1.807) is 30.3 Å². The second kappa shape index (κ2) is 7.43. The first-order valence-electron chi connectivity index (χ1n) is 9.78. The van der Waals surface area contributed by atoms with Crippen LogP contribution in [0.1, 0.15) is 28.6 Å². The summed E-state index contributed by atoms with van der Waals surface area (Å²) < 4.78 is 6.05. The number of furan rings is 1. The summed E-state index contributed by atoms with van der Waals surface area (Å²) in [6, 6.07) is 22.2. The number of fused-ring (bicyclic) bond motifs is 2. The maximum absolute atomic E-state index is 13.3. The lowest BCUT2D eigenvalue weighted by Gasteiger charge is -2.08. The van der Waals surface area contributed by atoms with E-state index in [9.17, 15) is 10.1 Å². The minimum absolute atomic E-state index is 0.141. The highest BCUT2D eigenvalue weighted by Crippen LogP contribution is 2.38. The molecule has 0 saturated heterocycles. The Morgan fingerprint density at radius 2 is 1.87 bits per heavy atom. The minimum Gasteiger partial charge on any atom is -0.460 e. The van der Waals surface area contributed by atoms with E-state index in [1.807, 2.05) is 43.3 Å². The van der Waals surface area contributed by atoms with Gasteiger partial charge in [0, 0.05) is 17.4 Å². The zero-order valence-corrected chi connectivity index (χ0v) is 16.6. The number of benzene rings is 3. The number of carbonyl (C=O) groups is 1. The molecule has 3 aromatic carbocycles. The smallest absolute Gasteiger partial charge is 0.367 e. The first kappa shape index (κ1) is 18.6. The van der Waals surface area contributed by atoms with Gasteiger partial charge >= 0.3 is 5.97 Å². The Kier molecular flexibility index (Phi) is 4.45. The van der Waals surface area contributed by atoms with Crippen molar-refractivity contribution in [1.29, 1.82) is 5.26 Å². The van der Waals surface area contributed by atoms with E-state index in [-0.39, 0.29) is 11.1 Å². The summed E-state index contributed by atoms with van der Waals surface area (Å²) in [6.45, 7) is 1.98. The standard InChI is InChI=1S/C24H16N4O3/c1-2-19-21(15-8-4-3-5-9-15)23-20(30-19)13-12-16(14-25)22(23)24(29)31-28-18-11-7-6-10-17(18)26-27-28/h3-13H,2H2,1H3. The Morgan fingerprint density at radius 3 is 2.65 bits per heavy atom. The summed E-state index contributed by atoms with van der Waals surface area (Å²) in [5, 5.41) is 18.2. The summed E-state index contributed by atoms with van der Waals surface area (Å²) in [4.78, 5) is 19.9. The number of rotatable bonds is 4. The van der Waals surface area contributed by atoms with Crippen molar-refractivity contribution in [2.75, 3.05) is 0 Å². The van der Waals surface area contributed by atoms with E-state index in [1.165, 1.54) is 0 Å². The molecule has 0 radical (unpaired) electrons. The van der Waals surface area contributed by atoms with E-state index >= 15 is 0 Å². The maximum Gasteiger partial charge on any atom is 0.367 e. The first-order chi connectivity index (χ1) is 15.2. The van der Waals surface area contributed by atoms with Gasteiger partial charge in [0.25, 0.3) is 0 Å². The fraction of sp³-hybridized carbons (Fsp3) is 0.0833. The second-order valence-electron chi connectivity index (χ2n) is 6.92. The van der Waals surface area contributed by atoms with E-state index < -0.39 is 5.97 Å². The van der Waals surface area contributed by atoms with Crippen molar-refractivity contribution in [2.45, 2.75) is 13.3 Å². The highest BCUT2D eigenvalue weighted by Gasteiger charge is 2.26. The van der Waals surface area contributed by atoms with Gasteiger partial charge in [0.15, 0.2) is 0 Å². The summed E-state index contributed by atoms with van der Waals surface area (Å²) in [7, 11) is 0. The van der Waals surface area contributed by atoms with Gasteiger partial charge in [0.2, 0.25) is 0 Å². The van der Waals surface area contributed by atoms with Crippen LogP contribution in [-0.4, -0.2) is 21.1 Å². The molecule has 150 valence electrons. The van der Waals surface area contributed by atoms with Crippen LogP contribution in [0.4, 0.5) is 0 Å². The molecule has 0 aliphatic carbocycles. The molecule has 0 N–H and O–H groups in total. The largest absolute Gasteiger partial charge is 0.460 e. The molecule has 0 fully saturated rings. The van der Waals surface area contributed by atoms with Crippen LogP contribution < -0.4 is 4.84 Å². The van der Waals surface area contributed by atoms with E-state index in [0.717, 1.165) is 21.7 Å². The van der Waals surface area contributed by atoms with Crippen LogP contribution in [0, 0.1) is 11.3 Å². The quantitative estimate of drug-likeness (QED) is 0.405. The number of hydrogen-bond donors (Lipinski definition) is 0. The van der Waals surface area contributed by atoms with Gasteiger partial charge in [-0.15, -0.1) is 5.10 Å². The fourth-order valence-electron chi connectivity index (χ4n) is 3.74. The molecule has 0 aliphatic rings. The van der Waals surface area contributed by atoms with Gasteiger partial charge in [-0.25, -0.2) is 4.79 Å². The Labute approximate surface area is 177 Å². The number of nitriles is 1. The topological polar surface area (TPSA) is 93.9 Å². The molecular formula is C24H16N4O3. The van der Waals surface area contributed by atoms with Gasteiger partial charge in [0.1, 0.15) is 28.4 Å². The number of para-hydroxylation sites is 1. The summed E-state index contributed by atoms with van der Waals surface area (Å²) >= 11 is 0. The Bertz CT molecular complexity index is 1480. The zero-order valence-electron chi connectivity index (χ0n) is 16.6. The summed E-state index contributed by atoms with van der Waals surface area (Å²) in [5.74, 6) is 0.0231. The summed E-state index contributed by atoms with van der Waals surface area (Å²) in [6.07, 6.45) is 0.628. The average Bonchev–Trinajstić information content (AvgIpc) is 3.40. The molecule has 31 heavy (non-hydrogen) atoms. The first-order valence-corrected chi connectivity index (χ1v) is 9.78. The molecule has 2 heterocycles. The van der Waals surface area contributed by atoms with Crippen molar-refractivity contribution in [1.82, 2.24) is 15.2 Å². The van der Waals surface area contributed by atoms with Gasteiger partial charge in [-0.1, -0.05) is 54.2 Å². The monoisotopic (exact) mass is 408 g/mol. The summed E-state index contributed by atoms with van der Waals surface area (Å²) in [5.41, 5.74) is 3.68. The Hall–Kier alpha value is -4.44. The van der Waals surface area contributed by atoms with Gasteiger partial charge in [-0.2, -0.15) is 5.26 Å². The van der Waals surface area contributed by atoms with Gasteiger partial charge in [0.05, 0.1) is 11.1 Å². The molecule has 0 bridgehead atoms. The van der Waals surface area contributed by atoms with Crippen LogP contribution in [0.15, 0.2) is 71.1 Å². The van der Waals surface area contributed by atoms with Crippen LogP contribution in [0.25, 0.3) is 33.1 Å². The number of hydrogen-bond acceptors (Lipinski definition) is 6. The van der Waals surface area contributed by atoms with E-state index in [4.69, 9.17) is 9.25 Å². The third-order valence-electron chi connectivity index (χ3n) is 5.13. The molecule has 5 rings (SSSR count). The van der Waals surface area contributed by atoms with Crippen molar-refractivity contribution < 1.29 is 14.0 Å². The predicted octanol–water partition coefficient (Wildman–Crippen LogP) is 4.55. The van der Waals surface area contributed by atoms with Crippen LogP contribution in [0.3, 0.4) is 0 Å². The third-order valence-corrected chi connectivity index (χ3v) is 5.13. The molecule has 7 heteroatoms. The number of carbonyl (C=O) groups excluding carboxylic acids is 1. The molecule has 5 aromatic rings. The lowest BCUT2D eigenvalue weighted by atomic mass is 9.95. The second-order valence-corrected chi connectivity index (χ2v) is 6.92. The third kappa shape index (κ3) is 3.02. The van der Waals surface area contributed by atoms with Gasteiger partial charge in [-0.05, 0) is 35.0 Å². The number of nitrogens with zero attached hydrogens (tertiary/aromatic N) is 4. The molecule has 0 atom stereocenters. The van der Waals surface area contributed by atoms with Gasteiger partial charge < -0.3 is 9.25 Å². The molecule has 0 amide bonds. The molecule has 0 saturated carbocycles. The average molecular weight is 408 g/mol. The van der Waals surface area contributed by atoms with Crippen LogP contribution >= 0.6 is 0 Å². The van der Waals surface area contributed by atoms with E-state index in [2.05, 4.69) is 16.4 Å². The zero-order chi connectivity index (χ0) is 21.4. The lowest BCUT2D eigenvalue weighted by molar-refractivity contribution is 0.0411. The molecular weight excluding hydrogens is 392 g/mol. The minimum atomic E-state index is -0.710. The number of aryl methyl sites for hydroxylation is 1.